The molecular formula is C9H12F2N2O2. The Morgan fingerprint density at radius 3 is 2.27 bits per heavy atom. The Kier molecular flexibility index (Phi) is 4.63. The molecule has 1 aromatic carbocycles. The van der Waals surface area contributed by atoms with Crippen molar-refractivity contribution in [1.29, 1.82) is 0 Å². The molecule has 1 rings (SSSR count). The third-order valence-corrected chi connectivity index (χ3v) is 1.63. The van der Waals surface area contributed by atoms with Crippen molar-refractivity contribution in [3.63, 3.8) is 0 Å². The van der Waals surface area contributed by atoms with Crippen LogP contribution < -0.4 is 5.73 Å². The van der Waals surface area contributed by atoms with E-state index in [9.17, 15) is 18.9 Å². The summed E-state index contributed by atoms with van der Waals surface area (Å²) in [5.41, 5.74) is 3.28. The van der Waals surface area contributed by atoms with Gasteiger partial charge in [0.25, 0.3) is 0 Å². The highest BCUT2D eigenvalue weighted by Gasteiger charge is 2.23. The number of nitro benzene ring substituents is 1. The Morgan fingerprint density at radius 1 is 1.40 bits per heavy atom. The Balaban J connectivity index is 0.000000921. The van der Waals surface area contributed by atoms with Crippen molar-refractivity contribution in [3.05, 3.63) is 33.4 Å². The van der Waals surface area contributed by atoms with E-state index in [1.807, 2.05) is 13.8 Å². The van der Waals surface area contributed by atoms with Crippen LogP contribution in [0.25, 0.3) is 0 Å². The predicted octanol–water partition coefficient (Wildman–Crippen LogP) is 2.79. The van der Waals surface area contributed by atoms with Gasteiger partial charge in [0.2, 0.25) is 5.82 Å². The van der Waals surface area contributed by atoms with Gasteiger partial charge < -0.3 is 5.73 Å². The molecule has 0 aromatic heterocycles. The summed E-state index contributed by atoms with van der Waals surface area (Å²) in [5.74, 6) is -2.11. The maximum Gasteiger partial charge on any atom is 0.327 e. The molecule has 0 aliphatic carbocycles. The second-order valence-corrected chi connectivity index (χ2v) is 2.49. The second kappa shape index (κ2) is 5.23. The number of halogens is 2. The van der Waals surface area contributed by atoms with Crippen LogP contribution in [0, 0.1) is 28.7 Å². The van der Waals surface area contributed by atoms with Crippen LogP contribution in [0.5, 0.6) is 0 Å². The fourth-order valence-corrected chi connectivity index (χ4v) is 0.908. The van der Waals surface area contributed by atoms with Crippen molar-refractivity contribution in [2.45, 2.75) is 20.8 Å². The summed E-state index contributed by atoms with van der Waals surface area (Å²) in [6.07, 6.45) is 0. The molecule has 2 N–H and O–H groups in total. The van der Waals surface area contributed by atoms with Crippen molar-refractivity contribution >= 4 is 11.4 Å². The number of anilines is 1. The molecule has 1 aromatic rings. The Hall–Kier alpha value is -1.72. The topological polar surface area (TPSA) is 69.2 Å². The molecule has 0 atom stereocenters. The fraction of sp³-hybridized carbons (Fsp3) is 0.333. The maximum absolute atomic E-state index is 13.0. The SMILES string of the molecule is CC.Cc1c(F)cc(N)c([N+](=O)[O-])c1F. The van der Waals surface area contributed by atoms with Gasteiger partial charge in [0, 0.05) is 11.6 Å². The standard InChI is InChI=1S/C7H6F2N2O2.C2H6/c1-3-4(8)2-5(10)7(6(3)9)11(12)13;1-2/h2H,10H2,1H3;1-2H3. The summed E-state index contributed by atoms with van der Waals surface area (Å²) in [5, 5.41) is 10.3. The quantitative estimate of drug-likeness (QED) is 0.447. The molecule has 84 valence electrons. The molecule has 4 nitrogen and oxygen atoms in total. The summed E-state index contributed by atoms with van der Waals surface area (Å²) in [4.78, 5) is 9.29. The van der Waals surface area contributed by atoms with Crippen molar-refractivity contribution in [3.8, 4) is 0 Å². The molecule has 0 heterocycles. The lowest BCUT2D eigenvalue weighted by Gasteiger charge is -2.02. The van der Waals surface area contributed by atoms with Crippen LogP contribution in [0.3, 0.4) is 0 Å². The summed E-state index contributed by atoms with van der Waals surface area (Å²) < 4.78 is 25.8. The van der Waals surface area contributed by atoms with Crippen LogP contribution in [-0.2, 0) is 0 Å². The van der Waals surface area contributed by atoms with E-state index in [2.05, 4.69) is 0 Å². The number of rotatable bonds is 1. The first kappa shape index (κ1) is 13.3. The van der Waals surface area contributed by atoms with E-state index in [1.54, 1.807) is 0 Å². The molecule has 0 saturated carbocycles. The number of nitro groups is 1. The highest BCUT2D eigenvalue weighted by atomic mass is 19.1. The zero-order valence-electron chi connectivity index (χ0n) is 8.67. The van der Waals surface area contributed by atoms with E-state index < -0.39 is 33.5 Å². The lowest BCUT2D eigenvalue weighted by molar-refractivity contribution is -0.386. The number of nitrogen functional groups attached to an aromatic ring is 1. The molecule has 0 amide bonds. The lowest BCUT2D eigenvalue weighted by Crippen LogP contribution is -2.02. The smallest absolute Gasteiger partial charge is 0.327 e. The first-order valence-electron chi connectivity index (χ1n) is 4.33. The van der Waals surface area contributed by atoms with Crippen molar-refractivity contribution < 1.29 is 13.7 Å². The number of nitrogens with zero attached hydrogens (tertiary/aromatic N) is 1. The van der Waals surface area contributed by atoms with Crippen molar-refractivity contribution in [2.24, 2.45) is 0 Å². The van der Waals surface area contributed by atoms with E-state index in [-0.39, 0.29) is 0 Å². The van der Waals surface area contributed by atoms with Crippen LogP contribution in [-0.4, -0.2) is 4.92 Å². The van der Waals surface area contributed by atoms with E-state index in [0.29, 0.717) is 0 Å². The van der Waals surface area contributed by atoms with Gasteiger partial charge in [0.05, 0.1) is 4.92 Å². The number of nitrogens with two attached hydrogens (primary N) is 1. The molecule has 0 radical (unpaired) electrons. The normalized spacial score (nSPS) is 9.13. The first-order valence-corrected chi connectivity index (χ1v) is 4.33. The van der Waals surface area contributed by atoms with Gasteiger partial charge in [0.15, 0.2) is 0 Å². The van der Waals surface area contributed by atoms with Gasteiger partial charge in [-0.3, -0.25) is 10.1 Å². The molecule has 6 heteroatoms. The van der Waals surface area contributed by atoms with Gasteiger partial charge in [0.1, 0.15) is 11.5 Å². The van der Waals surface area contributed by atoms with E-state index >= 15 is 0 Å². The van der Waals surface area contributed by atoms with E-state index in [0.717, 1.165) is 13.0 Å². The average molecular weight is 218 g/mol. The number of hydrogen-bond acceptors (Lipinski definition) is 3. The molecule has 0 bridgehead atoms. The zero-order chi connectivity index (χ0) is 12.2. The van der Waals surface area contributed by atoms with Crippen LogP contribution >= 0.6 is 0 Å². The molecule has 0 aliphatic rings. The largest absolute Gasteiger partial charge is 0.393 e. The minimum Gasteiger partial charge on any atom is -0.393 e. The minimum atomic E-state index is -1.22. The zero-order valence-corrected chi connectivity index (χ0v) is 8.67. The van der Waals surface area contributed by atoms with Gasteiger partial charge in [-0.25, -0.2) is 4.39 Å². The second-order valence-electron chi connectivity index (χ2n) is 2.49. The summed E-state index contributed by atoms with van der Waals surface area (Å²) in [6.45, 7) is 5.11. The predicted molar refractivity (Wildman–Crippen MR) is 53.5 cm³/mol. The molecule has 0 spiro atoms. The third-order valence-electron chi connectivity index (χ3n) is 1.63. The first-order chi connectivity index (χ1) is 6.95. The van der Waals surface area contributed by atoms with Gasteiger partial charge >= 0.3 is 5.69 Å². The molecule has 0 unspecified atom stereocenters. The monoisotopic (exact) mass is 218 g/mol. The summed E-state index contributed by atoms with van der Waals surface area (Å²) in [7, 11) is 0. The lowest BCUT2D eigenvalue weighted by atomic mass is 10.1. The van der Waals surface area contributed by atoms with Gasteiger partial charge in [-0.05, 0) is 6.92 Å². The van der Waals surface area contributed by atoms with Gasteiger partial charge in [-0.1, -0.05) is 13.8 Å². The number of benzene rings is 1. The average Bonchev–Trinajstić information content (AvgIpc) is 2.17. The Bertz CT molecular complexity index is 381. The van der Waals surface area contributed by atoms with Gasteiger partial charge in [-0.15, -0.1) is 0 Å². The summed E-state index contributed by atoms with van der Waals surface area (Å²) in [6, 6.07) is 0.733. The van der Waals surface area contributed by atoms with Crippen LogP contribution in [0.2, 0.25) is 0 Å². The Labute approximate surface area is 85.9 Å². The molecule has 0 aliphatic heterocycles. The van der Waals surface area contributed by atoms with Gasteiger partial charge in [-0.2, -0.15) is 4.39 Å². The van der Waals surface area contributed by atoms with Crippen LogP contribution in [0.1, 0.15) is 19.4 Å². The van der Waals surface area contributed by atoms with Crippen molar-refractivity contribution in [2.75, 3.05) is 5.73 Å². The Morgan fingerprint density at radius 2 is 1.87 bits per heavy atom. The third kappa shape index (κ3) is 2.61. The highest BCUT2D eigenvalue weighted by molar-refractivity contribution is 5.60. The molecule has 0 saturated heterocycles. The molecular weight excluding hydrogens is 206 g/mol. The maximum atomic E-state index is 13.0. The van der Waals surface area contributed by atoms with E-state index in [4.69, 9.17) is 5.73 Å². The molecule has 0 fully saturated rings. The van der Waals surface area contributed by atoms with Crippen LogP contribution in [0.15, 0.2) is 6.07 Å². The highest BCUT2D eigenvalue weighted by Crippen LogP contribution is 2.28. The van der Waals surface area contributed by atoms with Crippen LogP contribution in [0.4, 0.5) is 20.2 Å². The van der Waals surface area contributed by atoms with E-state index in [1.165, 1.54) is 0 Å². The summed E-state index contributed by atoms with van der Waals surface area (Å²) >= 11 is 0. The fourth-order valence-electron chi connectivity index (χ4n) is 0.908. The number of hydrogen-bond donors (Lipinski definition) is 1. The molecule has 15 heavy (non-hydrogen) atoms. The minimum absolute atomic E-state index is 0.402. The van der Waals surface area contributed by atoms with Crippen molar-refractivity contribution in [1.82, 2.24) is 0 Å².